The summed E-state index contributed by atoms with van der Waals surface area (Å²) in [5.74, 6) is -0.230. The van der Waals surface area contributed by atoms with Gasteiger partial charge >= 0.3 is 0 Å². The van der Waals surface area contributed by atoms with Gasteiger partial charge in [0, 0.05) is 29.4 Å². The highest BCUT2D eigenvalue weighted by molar-refractivity contribution is 6.07. The van der Waals surface area contributed by atoms with E-state index in [0.717, 1.165) is 33.8 Å². The van der Waals surface area contributed by atoms with Crippen LogP contribution in [0.3, 0.4) is 0 Å². The molecule has 0 aliphatic heterocycles. The summed E-state index contributed by atoms with van der Waals surface area (Å²) >= 11 is 0. The fourth-order valence-electron chi connectivity index (χ4n) is 4.41. The van der Waals surface area contributed by atoms with Gasteiger partial charge in [-0.3, -0.25) is 9.59 Å². The monoisotopic (exact) mass is 450 g/mol. The number of rotatable bonds is 7. The van der Waals surface area contributed by atoms with Gasteiger partial charge in [-0.15, -0.1) is 0 Å². The van der Waals surface area contributed by atoms with Crippen molar-refractivity contribution in [3.8, 4) is 0 Å². The molecule has 0 aliphatic rings. The van der Waals surface area contributed by atoms with Crippen LogP contribution in [-0.4, -0.2) is 26.8 Å². The molecule has 0 fully saturated rings. The largest absolute Gasteiger partial charge is 0.354 e. The van der Waals surface area contributed by atoms with E-state index in [2.05, 4.69) is 29.5 Å². The van der Waals surface area contributed by atoms with Crippen LogP contribution < -0.4 is 10.9 Å². The van der Waals surface area contributed by atoms with E-state index in [1.165, 1.54) is 10.2 Å². The number of aryl methyl sites for hydroxylation is 1. The number of hydrogen-bond donors (Lipinski definition) is 1. The molecule has 0 spiro atoms. The highest BCUT2D eigenvalue weighted by Crippen LogP contribution is 2.27. The third-order valence-corrected chi connectivity index (χ3v) is 6.24. The molecule has 0 saturated heterocycles. The molecule has 0 atom stereocenters. The van der Waals surface area contributed by atoms with Gasteiger partial charge in [-0.05, 0) is 36.1 Å². The van der Waals surface area contributed by atoms with Crippen molar-refractivity contribution >= 4 is 27.7 Å². The van der Waals surface area contributed by atoms with Gasteiger partial charge in [0.2, 0.25) is 5.91 Å². The second-order valence-electron chi connectivity index (χ2n) is 8.48. The van der Waals surface area contributed by atoms with Gasteiger partial charge in [-0.25, -0.2) is 4.68 Å². The van der Waals surface area contributed by atoms with Crippen LogP contribution in [-0.2, 0) is 24.3 Å². The van der Waals surface area contributed by atoms with E-state index in [1.54, 1.807) is 6.20 Å². The van der Waals surface area contributed by atoms with Crippen LogP contribution in [0.25, 0.3) is 21.8 Å². The molecular formula is C28H26N4O2. The molecule has 6 nitrogen and oxygen atoms in total. The summed E-state index contributed by atoms with van der Waals surface area (Å²) in [7, 11) is 0. The first-order chi connectivity index (χ1) is 16.6. The average Bonchev–Trinajstić information content (AvgIpc) is 3.17. The van der Waals surface area contributed by atoms with E-state index >= 15 is 0 Å². The quantitative estimate of drug-likeness (QED) is 0.406. The maximum absolute atomic E-state index is 13.5. The summed E-state index contributed by atoms with van der Waals surface area (Å²) in [4.78, 5) is 26.1. The summed E-state index contributed by atoms with van der Waals surface area (Å²) in [5.41, 5.74) is 4.74. The number of nitrogens with zero attached hydrogens (tertiary/aromatic N) is 3. The van der Waals surface area contributed by atoms with Crippen LogP contribution in [0.4, 0.5) is 0 Å². The van der Waals surface area contributed by atoms with Gasteiger partial charge in [0.05, 0.1) is 6.20 Å². The number of aromatic nitrogens is 3. The molecule has 5 aromatic rings. The Morgan fingerprint density at radius 2 is 1.65 bits per heavy atom. The highest BCUT2D eigenvalue weighted by Gasteiger charge is 2.17. The van der Waals surface area contributed by atoms with Gasteiger partial charge in [0.25, 0.3) is 5.56 Å². The van der Waals surface area contributed by atoms with Crippen LogP contribution in [0, 0.1) is 6.92 Å². The molecule has 3 aromatic carbocycles. The standard InChI is InChI=1S/C28H26N4O2/c1-20-9-5-6-12-22(20)18-31-25-14-8-7-13-23(25)24-17-30-32(28(34)27(24)31)19-26(33)29-16-15-21-10-3-2-4-11-21/h2-14,17H,15-16,18-19H2,1H3,(H,29,33). The van der Waals surface area contributed by atoms with E-state index in [9.17, 15) is 9.59 Å². The molecule has 0 radical (unpaired) electrons. The number of carbonyl (C=O) groups is 1. The van der Waals surface area contributed by atoms with Crippen molar-refractivity contribution in [2.24, 2.45) is 0 Å². The van der Waals surface area contributed by atoms with Crippen LogP contribution in [0.15, 0.2) is 89.9 Å². The molecule has 34 heavy (non-hydrogen) atoms. The maximum atomic E-state index is 13.5. The summed E-state index contributed by atoms with van der Waals surface area (Å²) in [6, 6.07) is 26.1. The normalized spacial score (nSPS) is 11.2. The van der Waals surface area contributed by atoms with Gasteiger partial charge < -0.3 is 9.88 Å². The first-order valence-corrected chi connectivity index (χ1v) is 11.4. The fourth-order valence-corrected chi connectivity index (χ4v) is 4.41. The summed E-state index contributed by atoms with van der Waals surface area (Å²) in [5, 5.41) is 9.01. The molecule has 2 aromatic heterocycles. The Morgan fingerprint density at radius 3 is 2.47 bits per heavy atom. The molecule has 0 bridgehead atoms. The third kappa shape index (κ3) is 4.22. The Hall–Kier alpha value is -4.19. The lowest BCUT2D eigenvalue weighted by Gasteiger charge is -2.11. The lowest BCUT2D eigenvalue weighted by Crippen LogP contribution is -2.35. The number of para-hydroxylation sites is 1. The predicted octanol–water partition coefficient (Wildman–Crippen LogP) is 4.07. The number of carbonyl (C=O) groups excluding carboxylic acids is 1. The molecule has 6 heteroatoms. The Bertz CT molecular complexity index is 1530. The van der Waals surface area contributed by atoms with Gasteiger partial charge in [0.15, 0.2) is 0 Å². The number of fused-ring (bicyclic) bond motifs is 3. The molecule has 1 amide bonds. The van der Waals surface area contributed by atoms with E-state index in [0.29, 0.717) is 18.6 Å². The summed E-state index contributed by atoms with van der Waals surface area (Å²) < 4.78 is 3.30. The summed E-state index contributed by atoms with van der Waals surface area (Å²) in [6.45, 7) is 3.03. The Morgan fingerprint density at radius 1 is 0.912 bits per heavy atom. The molecular weight excluding hydrogens is 424 g/mol. The van der Waals surface area contributed by atoms with Crippen molar-refractivity contribution in [3.63, 3.8) is 0 Å². The Labute approximate surface area is 197 Å². The van der Waals surface area contributed by atoms with Crippen molar-refractivity contribution in [1.82, 2.24) is 19.7 Å². The number of nitrogens with one attached hydrogen (secondary N) is 1. The maximum Gasteiger partial charge on any atom is 0.291 e. The smallest absolute Gasteiger partial charge is 0.291 e. The summed E-state index contributed by atoms with van der Waals surface area (Å²) in [6.07, 6.45) is 2.43. The first-order valence-electron chi connectivity index (χ1n) is 11.4. The average molecular weight is 451 g/mol. The van der Waals surface area contributed by atoms with Crippen LogP contribution in [0.1, 0.15) is 16.7 Å². The van der Waals surface area contributed by atoms with Crippen molar-refractivity contribution in [2.45, 2.75) is 26.4 Å². The number of amides is 1. The van der Waals surface area contributed by atoms with Crippen LogP contribution in [0.2, 0.25) is 0 Å². The SMILES string of the molecule is Cc1ccccc1Cn1c2ccccc2c2cnn(CC(=O)NCCc3ccccc3)c(=O)c21. The predicted molar refractivity (Wildman–Crippen MR) is 135 cm³/mol. The van der Waals surface area contributed by atoms with Crippen molar-refractivity contribution in [3.05, 3.63) is 112 Å². The Kier molecular flexibility index (Phi) is 5.95. The molecule has 0 unspecified atom stereocenters. The molecule has 170 valence electrons. The Balaban J connectivity index is 1.46. The molecule has 1 N–H and O–H groups in total. The van der Waals surface area contributed by atoms with Gasteiger partial charge in [-0.1, -0.05) is 72.8 Å². The molecule has 2 heterocycles. The fraction of sp³-hybridized carbons (Fsp3) is 0.179. The minimum Gasteiger partial charge on any atom is -0.354 e. The van der Waals surface area contributed by atoms with Crippen molar-refractivity contribution in [2.75, 3.05) is 6.54 Å². The van der Waals surface area contributed by atoms with E-state index in [4.69, 9.17) is 0 Å². The first kappa shape index (κ1) is 21.6. The second kappa shape index (κ2) is 9.35. The lowest BCUT2D eigenvalue weighted by molar-refractivity contribution is -0.121. The number of benzene rings is 3. The molecule has 5 rings (SSSR count). The number of hydrogen-bond acceptors (Lipinski definition) is 3. The molecule has 0 saturated carbocycles. The second-order valence-corrected chi connectivity index (χ2v) is 8.48. The van der Waals surface area contributed by atoms with E-state index < -0.39 is 0 Å². The van der Waals surface area contributed by atoms with E-state index in [-0.39, 0.29) is 18.0 Å². The zero-order chi connectivity index (χ0) is 23.5. The lowest BCUT2D eigenvalue weighted by atomic mass is 10.1. The third-order valence-electron chi connectivity index (χ3n) is 6.24. The van der Waals surface area contributed by atoms with Crippen LogP contribution >= 0.6 is 0 Å². The zero-order valence-corrected chi connectivity index (χ0v) is 19.1. The minimum atomic E-state index is -0.263. The topological polar surface area (TPSA) is 68.9 Å². The van der Waals surface area contributed by atoms with Crippen molar-refractivity contribution in [1.29, 1.82) is 0 Å². The van der Waals surface area contributed by atoms with Crippen LogP contribution in [0.5, 0.6) is 0 Å². The zero-order valence-electron chi connectivity index (χ0n) is 19.1. The molecule has 0 aliphatic carbocycles. The van der Waals surface area contributed by atoms with E-state index in [1.807, 2.05) is 71.3 Å². The van der Waals surface area contributed by atoms with Crippen molar-refractivity contribution < 1.29 is 4.79 Å². The highest BCUT2D eigenvalue weighted by atomic mass is 16.2. The van der Waals surface area contributed by atoms with Gasteiger partial charge in [-0.2, -0.15) is 5.10 Å². The minimum absolute atomic E-state index is 0.116. The van der Waals surface area contributed by atoms with Gasteiger partial charge in [0.1, 0.15) is 12.1 Å².